The van der Waals surface area contributed by atoms with Crippen molar-refractivity contribution in [2.24, 2.45) is 0 Å². The van der Waals surface area contributed by atoms with E-state index in [4.69, 9.17) is 20.3 Å². The second kappa shape index (κ2) is 5.14. The van der Waals surface area contributed by atoms with Crippen LogP contribution >= 0.6 is 0 Å². The molecule has 0 saturated carbocycles. The van der Waals surface area contributed by atoms with Crippen LogP contribution in [0.25, 0.3) is 0 Å². The molecule has 0 aromatic heterocycles. The highest BCUT2D eigenvalue weighted by atomic mass is 16.5. The number of carboxylic acids is 1. The number of anilines is 1. The van der Waals surface area contributed by atoms with Crippen molar-refractivity contribution in [2.75, 3.05) is 18.9 Å². The van der Waals surface area contributed by atoms with E-state index in [0.29, 0.717) is 6.61 Å². The maximum Gasteiger partial charge on any atom is 0.337 e. The molecule has 98 valence electrons. The van der Waals surface area contributed by atoms with Crippen LogP contribution in [0.5, 0.6) is 11.5 Å². The first-order valence-corrected chi connectivity index (χ1v) is 5.68. The molecule has 0 spiro atoms. The SMILES string of the molecule is Nc1cc(O)c(OC[C@@H]2CCCO2)cc1C(=O)O. The van der Waals surface area contributed by atoms with E-state index in [1.165, 1.54) is 12.1 Å². The van der Waals surface area contributed by atoms with Crippen LogP contribution in [0.3, 0.4) is 0 Å². The van der Waals surface area contributed by atoms with E-state index in [-0.39, 0.29) is 35.5 Å². The van der Waals surface area contributed by atoms with Crippen LogP contribution in [-0.2, 0) is 4.74 Å². The molecule has 18 heavy (non-hydrogen) atoms. The number of rotatable bonds is 4. The van der Waals surface area contributed by atoms with Crippen molar-refractivity contribution < 1.29 is 24.5 Å². The number of benzene rings is 1. The lowest BCUT2D eigenvalue weighted by Crippen LogP contribution is -2.16. The minimum atomic E-state index is -1.16. The molecule has 0 amide bonds. The second-order valence-electron chi connectivity index (χ2n) is 4.16. The van der Waals surface area contributed by atoms with Gasteiger partial charge in [0.25, 0.3) is 0 Å². The van der Waals surface area contributed by atoms with Crippen LogP contribution in [0, 0.1) is 0 Å². The van der Waals surface area contributed by atoms with Crippen molar-refractivity contribution >= 4 is 11.7 Å². The van der Waals surface area contributed by atoms with Gasteiger partial charge in [0.1, 0.15) is 6.61 Å². The minimum absolute atomic E-state index is 0.00414. The van der Waals surface area contributed by atoms with E-state index >= 15 is 0 Å². The molecule has 4 N–H and O–H groups in total. The molecule has 0 unspecified atom stereocenters. The number of aromatic carboxylic acids is 1. The highest BCUT2D eigenvalue weighted by molar-refractivity contribution is 5.94. The molecule has 1 atom stereocenters. The van der Waals surface area contributed by atoms with E-state index in [9.17, 15) is 9.90 Å². The number of nitrogens with two attached hydrogens (primary N) is 1. The molecular formula is C12H15NO5. The molecule has 1 aliphatic rings. The van der Waals surface area contributed by atoms with Crippen LogP contribution in [0.1, 0.15) is 23.2 Å². The number of nitrogen functional groups attached to an aromatic ring is 1. The Morgan fingerprint density at radius 1 is 1.56 bits per heavy atom. The fourth-order valence-corrected chi connectivity index (χ4v) is 1.84. The Balaban J connectivity index is 2.11. The zero-order valence-electron chi connectivity index (χ0n) is 9.76. The molecule has 0 aliphatic carbocycles. The van der Waals surface area contributed by atoms with Gasteiger partial charge in [-0.05, 0) is 12.8 Å². The first-order valence-electron chi connectivity index (χ1n) is 5.68. The average molecular weight is 253 g/mol. The molecule has 1 aliphatic heterocycles. The molecule has 1 heterocycles. The van der Waals surface area contributed by atoms with Gasteiger partial charge < -0.3 is 25.4 Å². The normalized spacial score (nSPS) is 18.8. The van der Waals surface area contributed by atoms with Gasteiger partial charge in [-0.2, -0.15) is 0 Å². The summed E-state index contributed by atoms with van der Waals surface area (Å²) in [5, 5.41) is 18.6. The molecule has 2 rings (SSSR count). The first kappa shape index (κ1) is 12.5. The summed E-state index contributed by atoms with van der Waals surface area (Å²) in [6, 6.07) is 2.40. The number of carboxylic acid groups (broad SMARTS) is 1. The second-order valence-corrected chi connectivity index (χ2v) is 4.16. The van der Waals surface area contributed by atoms with E-state index in [1.54, 1.807) is 0 Å². The van der Waals surface area contributed by atoms with Crippen LogP contribution < -0.4 is 10.5 Å². The number of hydrogen-bond acceptors (Lipinski definition) is 5. The molecule has 1 fully saturated rings. The topological polar surface area (TPSA) is 102 Å². The van der Waals surface area contributed by atoms with Gasteiger partial charge in [-0.25, -0.2) is 4.79 Å². The van der Waals surface area contributed by atoms with Crippen LogP contribution in [0.4, 0.5) is 5.69 Å². The predicted molar refractivity (Wildman–Crippen MR) is 63.9 cm³/mol. The Labute approximate surface area is 104 Å². The lowest BCUT2D eigenvalue weighted by Gasteiger charge is -2.13. The standard InChI is InChI=1S/C12H15NO5/c13-9-5-10(14)11(4-8(9)12(15)16)18-6-7-2-1-3-17-7/h4-5,7,14H,1-3,6,13H2,(H,15,16)/t7-/m0/s1. The van der Waals surface area contributed by atoms with Crippen molar-refractivity contribution in [3.63, 3.8) is 0 Å². The van der Waals surface area contributed by atoms with Gasteiger partial charge in [-0.15, -0.1) is 0 Å². The molecule has 6 nitrogen and oxygen atoms in total. The zero-order valence-corrected chi connectivity index (χ0v) is 9.76. The number of aromatic hydroxyl groups is 1. The van der Waals surface area contributed by atoms with E-state index in [1.807, 2.05) is 0 Å². The fourth-order valence-electron chi connectivity index (χ4n) is 1.84. The zero-order chi connectivity index (χ0) is 13.1. The number of phenols is 1. The number of carbonyl (C=O) groups is 1. The summed E-state index contributed by atoms with van der Waals surface area (Å²) in [4.78, 5) is 10.9. The maximum absolute atomic E-state index is 10.9. The Hall–Kier alpha value is -1.95. The molecule has 1 saturated heterocycles. The minimum Gasteiger partial charge on any atom is -0.504 e. The largest absolute Gasteiger partial charge is 0.504 e. The smallest absolute Gasteiger partial charge is 0.337 e. The fraction of sp³-hybridized carbons (Fsp3) is 0.417. The van der Waals surface area contributed by atoms with E-state index < -0.39 is 5.97 Å². The third-order valence-corrected chi connectivity index (χ3v) is 2.81. The average Bonchev–Trinajstić information content (AvgIpc) is 2.80. The Morgan fingerprint density at radius 3 is 2.94 bits per heavy atom. The summed E-state index contributed by atoms with van der Waals surface area (Å²) in [6.07, 6.45) is 1.89. The van der Waals surface area contributed by atoms with Gasteiger partial charge in [-0.3, -0.25) is 0 Å². The van der Waals surface area contributed by atoms with Crippen molar-refractivity contribution in [3.05, 3.63) is 17.7 Å². The van der Waals surface area contributed by atoms with Gasteiger partial charge in [0, 0.05) is 18.7 Å². The third kappa shape index (κ3) is 2.65. The molecule has 0 radical (unpaired) electrons. The number of phenolic OH excluding ortho intramolecular Hbond substituents is 1. The van der Waals surface area contributed by atoms with E-state index in [0.717, 1.165) is 12.8 Å². The van der Waals surface area contributed by atoms with Crippen LogP contribution in [0.2, 0.25) is 0 Å². The summed E-state index contributed by atoms with van der Waals surface area (Å²) in [5.41, 5.74) is 5.40. The summed E-state index contributed by atoms with van der Waals surface area (Å²) in [6.45, 7) is 0.999. The first-order chi connectivity index (χ1) is 8.58. The van der Waals surface area contributed by atoms with Crippen molar-refractivity contribution in [2.45, 2.75) is 18.9 Å². The quantitative estimate of drug-likeness (QED) is 0.697. The molecule has 1 aromatic rings. The Morgan fingerprint density at radius 2 is 2.33 bits per heavy atom. The van der Waals surface area contributed by atoms with Gasteiger partial charge in [0.2, 0.25) is 0 Å². The Kier molecular flexibility index (Phi) is 3.57. The van der Waals surface area contributed by atoms with Gasteiger partial charge in [0.05, 0.1) is 17.4 Å². The van der Waals surface area contributed by atoms with Gasteiger partial charge in [0.15, 0.2) is 11.5 Å². The third-order valence-electron chi connectivity index (χ3n) is 2.81. The maximum atomic E-state index is 10.9. The van der Waals surface area contributed by atoms with Gasteiger partial charge >= 0.3 is 5.97 Å². The van der Waals surface area contributed by atoms with Crippen molar-refractivity contribution in [1.82, 2.24) is 0 Å². The predicted octanol–water partition coefficient (Wildman–Crippen LogP) is 1.23. The lowest BCUT2D eigenvalue weighted by atomic mass is 10.1. The Bertz CT molecular complexity index is 454. The monoisotopic (exact) mass is 253 g/mol. The summed E-state index contributed by atoms with van der Waals surface area (Å²) in [5.74, 6) is -1.22. The molecular weight excluding hydrogens is 238 g/mol. The number of ether oxygens (including phenoxy) is 2. The highest BCUT2D eigenvalue weighted by Crippen LogP contribution is 2.31. The molecule has 1 aromatic carbocycles. The van der Waals surface area contributed by atoms with Crippen LogP contribution in [-0.4, -0.2) is 35.5 Å². The van der Waals surface area contributed by atoms with E-state index in [2.05, 4.69) is 0 Å². The summed E-state index contributed by atoms with van der Waals surface area (Å²) < 4.78 is 10.7. The van der Waals surface area contributed by atoms with Crippen molar-refractivity contribution in [1.29, 1.82) is 0 Å². The summed E-state index contributed by atoms with van der Waals surface area (Å²) >= 11 is 0. The van der Waals surface area contributed by atoms with Gasteiger partial charge in [-0.1, -0.05) is 0 Å². The molecule has 0 bridgehead atoms. The van der Waals surface area contributed by atoms with Crippen molar-refractivity contribution in [3.8, 4) is 11.5 Å². The molecule has 6 heteroatoms. The summed E-state index contributed by atoms with van der Waals surface area (Å²) in [7, 11) is 0. The highest BCUT2D eigenvalue weighted by Gasteiger charge is 2.18. The number of hydrogen-bond donors (Lipinski definition) is 3. The van der Waals surface area contributed by atoms with Crippen LogP contribution in [0.15, 0.2) is 12.1 Å². The lowest BCUT2D eigenvalue weighted by molar-refractivity contribution is 0.0664.